The number of carbonyl (C=O) groups excluding carboxylic acids is 1. The second kappa shape index (κ2) is 3.84. The van der Waals surface area contributed by atoms with Crippen LogP contribution in [0.2, 0.25) is 0 Å². The molecular formula is C8H8N2O4. The summed E-state index contributed by atoms with van der Waals surface area (Å²) in [5.41, 5.74) is -0.102. The minimum absolute atomic E-state index is 0.0756. The van der Waals surface area contributed by atoms with Crippen molar-refractivity contribution in [2.75, 3.05) is 5.06 Å². The molecule has 74 valence electrons. The molecule has 0 atom stereocenters. The van der Waals surface area contributed by atoms with E-state index in [9.17, 15) is 14.9 Å². The van der Waals surface area contributed by atoms with Crippen molar-refractivity contribution >= 4 is 17.3 Å². The fourth-order valence-corrected chi connectivity index (χ4v) is 0.920. The molecule has 0 saturated carbocycles. The van der Waals surface area contributed by atoms with Crippen molar-refractivity contribution in [1.29, 1.82) is 0 Å². The molecule has 14 heavy (non-hydrogen) atoms. The zero-order chi connectivity index (χ0) is 10.7. The molecule has 1 rings (SSSR count). The normalized spacial score (nSPS) is 9.57. The Labute approximate surface area is 79.5 Å². The Morgan fingerprint density at radius 2 is 2.21 bits per heavy atom. The van der Waals surface area contributed by atoms with E-state index in [2.05, 4.69) is 0 Å². The third kappa shape index (κ3) is 2.05. The second-order valence-electron chi connectivity index (χ2n) is 2.61. The summed E-state index contributed by atoms with van der Waals surface area (Å²) in [5, 5.41) is 19.9. The van der Waals surface area contributed by atoms with Crippen LogP contribution in [0.4, 0.5) is 11.4 Å². The Balaban J connectivity index is 3.05. The van der Waals surface area contributed by atoms with Crippen LogP contribution in [0.5, 0.6) is 0 Å². The molecule has 0 heterocycles. The van der Waals surface area contributed by atoms with Crippen molar-refractivity contribution in [3.8, 4) is 0 Å². The lowest BCUT2D eigenvalue weighted by Crippen LogP contribution is -2.23. The molecule has 0 fully saturated rings. The summed E-state index contributed by atoms with van der Waals surface area (Å²) in [7, 11) is 0. The SMILES string of the molecule is CC(=O)N(O)c1cccc([N+](=O)[O-])c1. The topological polar surface area (TPSA) is 83.7 Å². The molecule has 6 heteroatoms. The number of anilines is 1. The highest BCUT2D eigenvalue weighted by Crippen LogP contribution is 2.19. The van der Waals surface area contributed by atoms with E-state index in [0.29, 0.717) is 5.06 Å². The number of hydrogen-bond donors (Lipinski definition) is 1. The minimum atomic E-state index is -0.606. The Morgan fingerprint density at radius 1 is 1.57 bits per heavy atom. The fraction of sp³-hybridized carbons (Fsp3) is 0.125. The highest BCUT2D eigenvalue weighted by atomic mass is 16.6. The molecule has 1 aromatic rings. The maximum Gasteiger partial charge on any atom is 0.271 e. The smallest absolute Gasteiger partial charge is 0.271 e. The van der Waals surface area contributed by atoms with E-state index in [1.54, 1.807) is 0 Å². The molecule has 0 radical (unpaired) electrons. The molecule has 1 amide bonds. The van der Waals surface area contributed by atoms with Crippen LogP contribution in [-0.4, -0.2) is 16.0 Å². The Bertz CT molecular complexity index is 377. The lowest BCUT2D eigenvalue weighted by molar-refractivity contribution is -0.384. The standard InChI is InChI=1S/C8H8N2O4/c1-6(11)9(12)7-3-2-4-8(5-7)10(13)14/h2-5,12H,1H3. The van der Waals surface area contributed by atoms with Gasteiger partial charge in [0.1, 0.15) is 0 Å². The molecule has 1 N–H and O–H groups in total. The Morgan fingerprint density at radius 3 is 2.71 bits per heavy atom. The van der Waals surface area contributed by atoms with Gasteiger partial charge >= 0.3 is 0 Å². The fourth-order valence-electron chi connectivity index (χ4n) is 0.920. The Hall–Kier alpha value is -1.95. The summed E-state index contributed by atoms with van der Waals surface area (Å²) in [6.45, 7) is 1.15. The van der Waals surface area contributed by atoms with Crippen LogP contribution in [0.25, 0.3) is 0 Å². The van der Waals surface area contributed by atoms with Gasteiger partial charge in [-0.25, -0.2) is 0 Å². The van der Waals surface area contributed by atoms with Crippen molar-refractivity contribution in [2.24, 2.45) is 0 Å². The molecule has 0 aliphatic heterocycles. The van der Waals surface area contributed by atoms with Crippen LogP contribution in [0.15, 0.2) is 24.3 Å². The highest BCUT2D eigenvalue weighted by molar-refractivity contribution is 5.89. The number of hydrogen-bond acceptors (Lipinski definition) is 4. The van der Waals surface area contributed by atoms with Gasteiger partial charge in [-0.3, -0.25) is 20.1 Å². The third-order valence-electron chi connectivity index (χ3n) is 1.58. The lowest BCUT2D eigenvalue weighted by Gasteiger charge is -2.11. The van der Waals surface area contributed by atoms with Gasteiger partial charge in [-0.15, -0.1) is 0 Å². The third-order valence-corrected chi connectivity index (χ3v) is 1.58. The number of carbonyl (C=O) groups is 1. The van der Waals surface area contributed by atoms with E-state index in [-0.39, 0.29) is 11.4 Å². The molecule has 0 aliphatic carbocycles. The van der Waals surface area contributed by atoms with Crippen molar-refractivity contribution in [3.05, 3.63) is 34.4 Å². The first-order valence-corrected chi connectivity index (χ1v) is 3.76. The zero-order valence-electron chi connectivity index (χ0n) is 7.38. The van der Waals surface area contributed by atoms with Crippen LogP contribution >= 0.6 is 0 Å². The quantitative estimate of drug-likeness (QED) is 0.439. The number of hydroxylamine groups is 1. The molecular weight excluding hydrogens is 188 g/mol. The first-order valence-electron chi connectivity index (χ1n) is 3.76. The van der Waals surface area contributed by atoms with Gasteiger partial charge < -0.3 is 0 Å². The maximum atomic E-state index is 10.7. The summed E-state index contributed by atoms with van der Waals surface area (Å²) >= 11 is 0. The van der Waals surface area contributed by atoms with Gasteiger partial charge in [-0.2, -0.15) is 5.06 Å². The largest absolute Gasteiger partial charge is 0.281 e. The van der Waals surface area contributed by atoms with E-state index in [0.717, 1.165) is 13.0 Å². The summed E-state index contributed by atoms with van der Waals surface area (Å²) in [6.07, 6.45) is 0. The lowest BCUT2D eigenvalue weighted by atomic mass is 10.3. The van der Waals surface area contributed by atoms with Crippen LogP contribution in [0, 0.1) is 10.1 Å². The predicted molar refractivity (Wildman–Crippen MR) is 48.0 cm³/mol. The molecule has 1 aromatic carbocycles. The predicted octanol–water partition coefficient (Wildman–Crippen LogP) is 1.34. The van der Waals surface area contributed by atoms with E-state index >= 15 is 0 Å². The summed E-state index contributed by atoms with van der Waals surface area (Å²) in [4.78, 5) is 20.5. The zero-order valence-corrected chi connectivity index (χ0v) is 7.38. The summed E-state index contributed by atoms with van der Waals surface area (Å²) < 4.78 is 0. The van der Waals surface area contributed by atoms with Gasteiger partial charge in [0, 0.05) is 19.1 Å². The van der Waals surface area contributed by atoms with Gasteiger partial charge in [-0.05, 0) is 6.07 Å². The van der Waals surface area contributed by atoms with Crippen LogP contribution in [-0.2, 0) is 4.79 Å². The Kier molecular flexibility index (Phi) is 2.78. The molecule has 0 aliphatic rings. The molecule has 0 spiro atoms. The second-order valence-corrected chi connectivity index (χ2v) is 2.61. The number of benzene rings is 1. The summed E-state index contributed by atoms with van der Waals surface area (Å²) in [6, 6.07) is 5.17. The van der Waals surface area contributed by atoms with Crippen LogP contribution < -0.4 is 5.06 Å². The molecule has 0 aromatic heterocycles. The minimum Gasteiger partial charge on any atom is -0.281 e. The monoisotopic (exact) mass is 196 g/mol. The molecule has 6 nitrogen and oxygen atoms in total. The number of non-ortho nitro benzene ring substituents is 1. The van der Waals surface area contributed by atoms with Gasteiger partial charge in [-0.1, -0.05) is 6.07 Å². The number of nitro benzene ring substituents is 1. The van der Waals surface area contributed by atoms with Crippen molar-refractivity contribution in [2.45, 2.75) is 6.92 Å². The maximum absolute atomic E-state index is 10.7. The van der Waals surface area contributed by atoms with E-state index in [4.69, 9.17) is 5.21 Å². The van der Waals surface area contributed by atoms with Crippen LogP contribution in [0.3, 0.4) is 0 Å². The van der Waals surface area contributed by atoms with E-state index in [1.807, 2.05) is 0 Å². The first-order chi connectivity index (χ1) is 6.52. The average molecular weight is 196 g/mol. The van der Waals surface area contributed by atoms with Crippen molar-refractivity contribution in [1.82, 2.24) is 0 Å². The molecule has 0 unspecified atom stereocenters. The number of rotatable bonds is 2. The highest BCUT2D eigenvalue weighted by Gasteiger charge is 2.12. The van der Waals surface area contributed by atoms with Gasteiger partial charge in [0.2, 0.25) is 5.91 Å². The van der Waals surface area contributed by atoms with Crippen molar-refractivity contribution < 1.29 is 14.9 Å². The van der Waals surface area contributed by atoms with E-state index in [1.165, 1.54) is 18.2 Å². The molecule has 0 bridgehead atoms. The number of nitro groups is 1. The van der Waals surface area contributed by atoms with E-state index < -0.39 is 10.8 Å². The first kappa shape index (κ1) is 10.1. The van der Waals surface area contributed by atoms with Crippen molar-refractivity contribution in [3.63, 3.8) is 0 Å². The molecule has 0 saturated heterocycles. The van der Waals surface area contributed by atoms with Gasteiger partial charge in [0.25, 0.3) is 5.69 Å². The summed E-state index contributed by atoms with van der Waals surface area (Å²) in [5.74, 6) is -0.606. The number of amides is 1. The van der Waals surface area contributed by atoms with Crippen LogP contribution in [0.1, 0.15) is 6.92 Å². The van der Waals surface area contributed by atoms with Gasteiger partial charge in [0.15, 0.2) is 0 Å². The number of nitrogens with zero attached hydrogens (tertiary/aromatic N) is 2. The van der Waals surface area contributed by atoms with Gasteiger partial charge in [0.05, 0.1) is 10.6 Å². The average Bonchev–Trinajstić information content (AvgIpc) is 2.16.